The van der Waals surface area contributed by atoms with Crippen molar-refractivity contribution in [2.45, 2.75) is 25.7 Å². The number of halogens is 1. The lowest BCUT2D eigenvalue weighted by molar-refractivity contribution is -0.117. The molecule has 1 N–H and O–H groups in total. The van der Waals surface area contributed by atoms with Crippen molar-refractivity contribution in [1.82, 2.24) is 4.90 Å². The molecule has 1 atom stereocenters. The maximum atomic E-state index is 12.8. The minimum absolute atomic E-state index is 0.0871. The molecule has 2 amide bonds. The van der Waals surface area contributed by atoms with Gasteiger partial charge >= 0.3 is 0 Å². The van der Waals surface area contributed by atoms with E-state index in [0.717, 1.165) is 24.9 Å². The van der Waals surface area contributed by atoms with Crippen LogP contribution in [-0.4, -0.2) is 48.1 Å². The molecular weight excluding hydrogens is 316 g/mol. The maximum Gasteiger partial charge on any atom is 0.255 e. The highest BCUT2D eigenvalue weighted by Gasteiger charge is 2.27. The molecule has 3 rings (SSSR count). The number of anilines is 1. The first-order valence-electron chi connectivity index (χ1n) is 8.10. The molecule has 2 fully saturated rings. The Morgan fingerprint density at radius 1 is 1.30 bits per heavy atom. The Labute approximate surface area is 140 Å². The number of piperidine rings is 1. The van der Waals surface area contributed by atoms with E-state index in [-0.39, 0.29) is 24.3 Å². The molecule has 5 nitrogen and oxygen atoms in total. The van der Waals surface area contributed by atoms with Gasteiger partial charge in [0.15, 0.2) is 0 Å². The quantitative estimate of drug-likeness (QED) is 0.921. The monoisotopic (exact) mass is 336 g/mol. The number of likely N-dealkylation sites (tertiary alicyclic amines) is 1. The van der Waals surface area contributed by atoms with Gasteiger partial charge in [-0.05, 0) is 43.4 Å². The van der Waals surface area contributed by atoms with E-state index in [1.807, 2.05) is 0 Å². The van der Waals surface area contributed by atoms with Gasteiger partial charge in [0.1, 0.15) is 0 Å². The molecule has 0 aromatic heterocycles. The van der Waals surface area contributed by atoms with Crippen molar-refractivity contribution < 1.29 is 14.7 Å². The topological polar surface area (TPSA) is 60.9 Å². The Bertz CT molecular complexity index is 620. The second-order valence-electron chi connectivity index (χ2n) is 6.26. The lowest BCUT2D eigenvalue weighted by Crippen LogP contribution is -2.41. The van der Waals surface area contributed by atoms with Crippen LogP contribution in [-0.2, 0) is 4.79 Å². The van der Waals surface area contributed by atoms with Crippen molar-refractivity contribution in [2.75, 3.05) is 31.1 Å². The van der Waals surface area contributed by atoms with Gasteiger partial charge in [0.2, 0.25) is 5.91 Å². The third-order valence-corrected chi connectivity index (χ3v) is 4.96. The SMILES string of the molecule is O=C(c1cc(N2CCCC2=O)ccc1Cl)N1CCCC(CO)C1. The van der Waals surface area contributed by atoms with Crippen molar-refractivity contribution in [3.05, 3.63) is 28.8 Å². The standard InChI is InChI=1S/C17H21ClN2O3/c18-15-6-5-13(20-8-2-4-16(20)22)9-14(15)17(23)19-7-1-3-12(10-19)11-21/h5-6,9,12,21H,1-4,7-8,10-11H2. The van der Waals surface area contributed by atoms with Crippen LogP contribution in [0.4, 0.5) is 5.69 Å². The average molecular weight is 337 g/mol. The summed E-state index contributed by atoms with van der Waals surface area (Å²) in [6.07, 6.45) is 3.22. The third-order valence-electron chi connectivity index (χ3n) is 4.63. The van der Waals surface area contributed by atoms with Gasteiger partial charge in [0.05, 0.1) is 10.6 Å². The summed E-state index contributed by atoms with van der Waals surface area (Å²) < 4.78 is 0. The van der Waals surface area contributed by atoms with Gasteiger partial charge in [0, 0.05) is 38.3 Å². The Morgan fingerprint density at radius 2 is 2.13 bits per heavy atom. The molecule has 0 saturated carbocycles. The third kappa shape index (κ3) is 3.35. The van der Waals surface area contributed by atoms with Gasteiger partial charge in [-0.3, -0.25) is 9.59 Å². The van der Waals surface area contributed by atoms with Crippen molar-refractivity contribution in [2.24, 2.45) is 5.92 Å². The van der Waals surface area contributed by atoms with E-state index in [0.29, 0.717) is 36.6 Å². The number of nitrogens with zero attached hydrogens (tertiary/aromatic N) is 2. The van der Waals surface area contributed by atoms with Gasteiger partial charge in [0.25, 0.3) is 5.91 Å². The summed E-state index contributed by atoms with van der Waals surface area (Å²) in [5.74, 6) is 0.0977. The fraction of sp³-hybridized carbons (Fsp3) is 0.529. The van der Waals surface area contributed by atoms with Crippen LogP contribution < -0.4 is 4.90 Å². The zero-order chi connectivity index (χ0) is 16.4. The molecule has 2 aliphatic rings. The first-order valence-corrected chi connectivity index (χ1v) is 8.48. The summed E-state index contributed by atoms with van der Waals surface area (Å²) in [4.78, 5) is 28.1. The number of aliphatic hydroxyl groups is 1. The number of amides is 2. The number of aliphatic hydroxyl groups excluding tert-OH is 1. The molecule has 0 bridgehead atoms. The largest absolute Gasteiger partial charge is 0.396 e. The van der Waals surface area contributed by atoms with Crippen LogP contribution in [0.5, 0.6) is 0 Å². The molecule has 124 valence electrons. The normalized spacial score (nSPS) is 21.8. The first kappa shape index (κ1) is 16.3. The molecule has 2 saturated heterocycles. The summed E-state index contributed by atoms with van der Waals surface area (Å²) in [6, 6.07) is 5.19. The Balaban J connectivity index is 1.83. The predicted molar refractivity (Wildman–Crippen MR) is 88.8 cm³/mol. The van der Waals surface area contributed by atoms with E-state index in [9.17, 15) is 14.7 Å². The smallest absolute Gasteiger partial charge is 0.255 e. The van der Waals surface area contributed by atoms with Crippen LogP contribution >= 0.6 is 11.6 Å². The summed E-state index contributed by atoms with van der Waals surface area (Å²) in [5, 5.41) is 9.72. The fourth-order valence-corrected chi connectivity index (χ4v) is 3.53. The molecule has 1 unspecified atom stereocenters. The van der Waals surface area contributed by atoms with Gasteiger partial charge in [-0.2, -0.15) is 0 Å². The van der Waals surface area contributed by atoms with Crippen LogP contribution in [0, 0.1) is 5.92 Å². The molecule has 1 aromatic rings. The Morgan fingerprint density at radius 3 is 2.83 bits per heavy atom. The molecular formula is C17H21ClN2O3. The van der Waals surface area contributed by atoms with Crippen molar-refractivity contribution in [1.29, 1.82) is 0 Å². The summed E-state index contributed by atoms with van der Waals surface area (Å²) in [6.45, 7) is 2.02. The van der Waals surface area contributed by atoms with Crippen molar-refractivity contribution in [3.63, 3.8) is 0 Å². The van der Waals surface area contributed by atoms with E-state index in [1.54, 1.807) is 28.0 Å². The molecule has 6 heteroatoms. The lowest BCUT2D eigenvalue weighted by atomic mass is 9.98. The van der Waals surface area contributed by atoms with Crippen LogP contribution in [0.25, 0.3) is 0 Å². The highest BCUT2D eigenvalue weighted by atomic mass is 35.5. The molecule has 1 aromatic carbocycles. The van der Waals surface area contributed by atoms with Crippen LogP contribution in [0.15, 0.2) is 18.2 Å². The predicted octanol–water partition coefficient (Wildman–Crippen LogP) is 2.31. The van der Waals surface area contributed by atoms with E-state index in [1.165, 1.54) is 0 Å². The molecule has 0 spiro atoms. The van der Waals surface area contributed by atoms with Gasteiger partial charge in [-0.25, -0.2) is 0 Å². The first-order chi connectivity index (χ1) is 11.1. The summed E-state index contributed by atoms with van der Waals surface area (Å²) in [5.41, 5.74) is 1.17. The van der Waals surface area contributed by atoms with Crippen molar-refractivity contribution >= 4 is 29.1 Å². The maximum absolute atomic E-state index is 12.8. The van der Waals surface area contributed by atoms with Crippen LogP contribution in [0.3, 0.4) is 0 Å². The van der Waals surface area contributed by atoms with Crippen LogP contribution in [0.1, 0.15) is 36.0 Å². The highest BCUT2D eigenvalue weighted by molar-refractivity contribution is 6.34. The van der Waals surface area contributed by atoms with Gasteiger partial charge < -0.3 is 14.9 Å². The summed E-state index contributed by atoms with van der Waals surface area (Å²) in [7, 11) is 0. The van der Waals surface area contributed by atoms with Gasteiger partial charge in [-0.15, -0.1) is 0 Å². The Kier molecular flexibility index (Phi) is 4.87. The highest BCUT2D eigenvalue weighted by Crippen LogP contribution is 2.28. The average Bonchev–Trinajstić information content (AvgIpc) is 3.01. The van der Waals surface area contributed by atoms with E-state index < -0.39 is 0 Å². The zero-order valence-corrected chi connectivity index (χ0v) is 13.8. The molecule has 2 heterocycles. The van der Waals surface area contributed by atoms with Crippen molar-refractivity contribution in [3.8, 4) is 0 Å². The minimum Gasteiger partial charge on any atom is -0.396 e. The summed E-state index contributed by atoms with van der Waals surface area (Å²) >= 11 is 6.22. The van der Waals surface area contributed by atoms with E-state index >= 15 is 0 Å². The molecule has 0 radical (unpaired) electrons. The van der Waals surface area contributed by atoms with E-state index in [2.05, 4.69) is 0 Å². The van der Waals surface area contributed by atoms with Gasteiger partial charge in [-0.1, -0.05) is 11.6 Å². The number of benzene rings is 1. The molecule has 23 heavy (non-hydrogen) atoms. The Hall–Kier alpha value is -1.59. The number of carbonyl (C=O) groups is 2. The minimum atomic E-state index is -0.123. The number of rotatable bonds is 3. The van der Waals surface area contributed by atoms with Crippen LogP contribution in [0.2, 0.25) is 5.02 Å². The fourth-order valence-electron chi connectivity index (χ4n) is 3.34. The second-order valence-corrected chi connectivity index (χ2v) is 6.66. The molecule has 2 aliphatic heterocycles. The van der Waals surface area contributed by atoms with E-state index in [4.69, 9.17) is 11.6 Å². The number of carbonyl (C=O) groups excluding carboxylic acids is 2. The zero-order valence-electron chi connectivity index (χ0n) is 13.0. The second kappa shape index (κ2) is 6.89. The molecule has 0 aliphatic carbocycles. The number of hydrogen-bond donors (Lipinski definition) is 1. The lowest BCUT2D eigenvalue weighted by Gasteiger charge is -2.32. The number of hydrogen-bond acceptors (Lipinski definition) is 3.